The molecule has 0 amide bonds. The molecule has 0 spiro atoms. The number of rotatable bonds is 4. The summed E-state index contributed by atoms with van der Waals surface area (Å²) in [6.45, 7) is 13.7. The lowest BCUT2D eigenvalue weighted by Crippen LogP contribution is -2.43. The number of nitrogens with one attached hydrogen (secondary N) is 1. The van der Waals surface area contributed by atoms with Crippen molar-refractivity contribution in [3.63, 3.8) is 0 Å². The van der Waals surface area contributed by atoms with E-state index in [9.17, 15) is 0 Å². The second-order valence-corrected chi connectivity index (χ2v) is 6.17. The number of imidazole rings is 1. The SMILES string of the molecule is CC(C)(C)c1cncn1CCCN1CCNCC1. The first-order valence-electron chi connectivity index (χ1n) is 7.01. The van der Waals surface area contributed by atoms with Crippen molar-refractivity contribution in [2.75, 3.05) is 32.7 Å². The zero-order valence-corrected chi connectivity index (χ0v) is 11.9. The van der Waals surface area contributed by atoms with E-state index in [2.05, 4.69) is 40.5 Å². The Bertz CT molecular complexity index is 358. The quantitative estimate of drug-likeness (QED) is 0.878. The van der Waals surface area contributed by atoms with Crippen molar-refractivity contribution >= 4 is 0 Å². The first-order chi connectivity index (χ1) is 8.57. The van der Waals surface area contributed by atoms with E-state index in [-0.39, 0.29) is 5.41 Å². The molecule has 1 aliphatic heterocycles. The Morgan fingerprint density at radius 3 is 2.61 bits per heavy atom. The van der Waals surface area contributed by atoms with Crippen LogP contribution >= 0.6 is 0 Å². The van der Waals surface area contributed by atoms with Crippen LogP contribution in [0.25, 0.3) is 0 Å². The Hall–Kier alpha value is -0.870. The first-order valence-corrected chi connectivity index (χ1v) is 7.01. The second-order valence-electron chi connectivity index (χ2n) is 6.17. The maximum atomic E-state index is 4.29. The Morgan fingerprint density at radius 1 is 1.22 bits per heavy atom. The third-order valence-corrected chi connectivity index (χ3v) is 3.56. The Labute approximate surface area is 110 Å². The fourth-order valence-electron chi connectivity index (χ4n) is 2.52. The van der Waals surface area contributed by atoms with E-state index in [0.29, 0.717) is 0 Å². The number of nitrogens with zero attached hydrogens (tertiary/aromatic N) is 3. The van der Waals surface area contributed by atoms with Gasteiger partial charge in [0.25, 0.3) is 0 Å². The third-order valence-electron chi connectivity index (χ3n) is 3.56. The van der Waals surface area contributed by atoms with Crippen molar-refractivity contribution in [3.8, 4) is 0 Å². The van der Waals surface area contributed by atoms with Crippen LogP contribution < -0.4 is 5.32 Å². The van der Waals surface area contributed by atoms with Crippen molar-refractivity contribution in [1.82, 2.24) is 19.8 Å². The molecule has 4 heteroatoms. The van der Waals surface area contributed by atoms with Crippen LogP contribution in [0.1, 0.15) is 32.9 Å². The highest BCUT2D eigenvalue weighted by Crippen LogP contribution is 2.21. The molecule has 102 valence electrons. The second kappa shape index (κ2) is 5.85. The highest BCUT2D eigenvalue weighted by molar-refractivity contribution is 5.10. The number of hydrogen-bond acceptors (Lipinski definition) is 3. The number of hydrogen-bond donors (Lipinski definition) is 1. The van der Waals surface area contributed by atoms with Gasteiger partial charge < -0.3 is 14.8 Å². The highest BCUT2D eigenvalue weighted by Gasteiger charge is 2.18. The molecule has 1 aromatic rings. The molecule has 2 rings (SSSR count). The smallest absolute Gasteiger partial charge is 0.0948 e. The molecule has 1 N–H and O–H groups in total. The Kier molecular flexibility index (Phi) is 4.40. The molecule has 18 heavy (non-hydrogen) atoms. The highest BCUT2D eigenvalue weighted by atomic mass is 15.2. The molecule has 1 fully saturated rings. The Balaban J connectivity index is 1.81. The summed E-state index contributed by atoms with van der Waals surface area (Å²) in [5.41, 5.74) is 1.52. The van der Waals surface area contributed by atoms with Crippen LogP contribution in [-0.2, 0) is 12.0 Å². The van der Waals surface area contributed by atoms with Crippen LogP contribution in [0, 0.1) is 0 Å². The lowest BCUT2D eigenvalue weighted by Gasteiger charge is -2.27. The summed E-state index contributed by atoms with van der Waals surface area (Å²) in [5, 5.41) is 3.39. The number of piperazine rings is 1. The molecule has 0 saturated carbocycles. The van der Waals surface area contributed by atoms with Gasteiger partial charge in [-0.2, -0.15) is 0 Å². The maximum Gasteiger partial charge on any atom is 0.0948 e. The average Bonchev–Trinajstić information content (AvgIpc) is 2.78. The molecule has 0 aliphatic carbocycles. The fraction of sp³-hybridized carbons (Fsp3) is 0.786. The van der Waals surface area contributed by atoms with E-state index in [1.165, 1.54) is 31.7 Å². The van der Waals surface area contributed by atoms with Crippen molar-refractivity contribution in [1.29, 1.82) is 0 Å². The molecular formula is C14H26N4. The van der Waals surface area contributed by atoms with E-state index in [4.69, 9.17) is 0 Å². The van der Waals surface area contributed by atoms with E-state index >= 15 is 0 Å². The third kappa shape index (κ3) is 3.56. The van der Waals surface area contributed by atoms with E-state index in [1.807, 2.05) is 12.5 Å². The normalized spacial score (nSPS) is 18.2. The van der Waals surface area contributed by atoms with Crippen molar-refractivity contribution in [3.05, 3.63) is 18.2 Å². The van der Waals surface area contributed by atoms with Gasteiger partial charge in [0, 0.05) is 50.0 Å². The first kappa shape index (κ1) is 13.6. The van der Waals surface area contributed by atoms with Gasteiger partial charge in [0.1, 0.15) is 0 Å². The monoisotopic (exact) mass is 250 g/mol. The summed E-state index contributed by atoms with van der Waals surface area (Å²) in [6.07, 6.45) is 5.18. The molecule has 0 bridgehead atoms. The fourth-order valence-corrected chi connectivity index (χ4v) is 2.52. The maximum absolute atomic E-state index is 4.29. The summed E-state index contributed by atoms with van der Waals surface area (Å²) in [6, 6.07) is 0. The molecule has 0 unspecified atom stereocenters. The summed E-state index contributed by atoms with van der Waals surface area (Å²) >= 11 is 0. The molecule has 0 atom stereocenters. The van der Waals surface area contributed by atoms with Gasteiger partial charge in [-0.3, -0.25) is 0 Å². The van der Waals surface area contributed by atoms with Gasteiger partial charge in [0.2, 0.25) is 0 Å². The molecule has 0 aromatic carbocycles. The predicted octanol–water partition coefficient (Wildman–Crippen LogP) is 1.48. The van der Waals surface area contributed by atoms with Crippen molar-refractivity contribution < 1.29 is 0 Å². The zero-order chi connectivity index (χ0) is 13.0. The minimum atomic E-state index is 0.186. The van der Waals surface area contributed by atoms with Crippen LogP contribution in [0.5, 0.6) is 0 Å². The standard InChI is InChI=1S/C14H26N4/c1-14(2,3)13-11-16-12-18(13)8-4-7-17-9-5-15-6-10-17/h11-12,15H,4-10H2,1-3H3. The molecule has 2 heterocycles. The minimum absolute atomic E-state index is 0.186. The van der Waals surface area contributed by atoms with Gasteiger partial charge in [-0.1, -0.05) is 20.8 Å². The van der Waals surface area contributed by atoms with Crippen LogP contribution in [-0.4, -0.2) is 47.2 Å². The van der Waals surface area contributed by atoms with Crippen LogP contribution in [0.2, 0.25) is 0 Å². The zero-order valence-electron chi connectivity index (χ0n) is 11.9. The molecular weight excluding hydrogens is 224 g/mol. The van der Waals surface area contributed by atoms with Gasteiger partial charge in [-0.15, -0.1) is 0 Å². The number of aromatic nitrogens is 2. The van der Waals surface area contributed by atoms with Crippen LogP contribution in [0.4, 0.5) is 0 Å². The largest absolute Gasteiger partial charge is 0.334 e. The summed E-state index contributed by atoms with van der Waals surface area (Å²) in [4.78, 5) is 6.84. The molecule has 1 aliphatic rings. The molecule has 4 nitrogen and oxygen atoms in total. The van der Waals surface area contributed by atoms with Gasteiger partial charge >= 0.3 is 0 Å². The topological polar surface area (TPSA) is 33.1 Å². The minimum Gasteiger partial charge on any atom is -0.334 e. The van der Waals surface area contributed by atoms with E-state index in [1.54, 1.807) is 0 Å². The van der Waals surface area contributed by atoms with Gasteiger partial charge in [0.15, 0.2) is 0 Å². The van der Waals surface area contributed by atoms with Gasteiger partial charge in [0.05, 0.1) is 6.33 Å². The van der Waals surface area contributed by atoms with Crippen molar-refractivity contribution in [2.24, 2.45) is 0 Å². The molecule has 1 aromatic heterocycles. The lowest BCUT2D eigenvalue weighted by molar-refractivity contribution is 0.234. The summed E-state index contributed by atoms with van der Waals surface area (Å²) in [7, 11) is 0. The lowest BCUT2D eigenvalue weighted by atomic mass is 9.92. The molecule has 1 saturated heterocycles. The van der Waals surface area contributed by atoms with Crippen LogP contribution in [0.3, 0.4) is 0 Å². The summed E-state index contributed by atoms with van der Waals surface area (Å²) in [5.74, 6) is 0. The predicted molar refractivity (Wildman–Crippen MR) is 74.9 cm³/mol. The molecule has 0 radical (unpaired) electrons. The Morgan fingerprint density at radius 2 is 1.94 bits per heavy atom. The van der Waals surface area contributed by atoms with Crippen molar-refractivity contribution in [2.45, 2.75) is 39.2 Å². The van der Waals surface area contributed by atoms with E-state index < -0.39 is 0 Å². The summed E-state index contributed by atoms with van der Waals surface area (Å²) < 4.78 is 2.31. The number of aryl methyl sites for hydroxylation is 1. The van der Waals surface area contributed by atoms with Gasteiger partial charge in [-0.25, -0.2) is 4.98 Å². The van der Waals surface area contributed by atoms with Gasteiger partial charge in [-0.05, 0) is 13.0 Å². The van der Waals surface area contributed by atoms with Crippen LogP contribution in [0.15, 0.2) is 12.5 Å². The van der Waals surface area contributed by atoms with E-state index in [0.717, 1.165) is 19.6 Å². The average molecular weight is 250 g/mol.